The lowest BCUT2D eigenvalue weighted by Crippen LogP contribution is -2.49. The lowest BCUT2D eigenvalue weighted by atomic mass is 9.48. The van der Waals surface area contributed by atoms with Crippen LogP contribution in [-0.2, 0) is 0 Å². The highest BCUT2D eigenvalue weighted by atomic mass is 16.3. The molecule has 0 spiro atoms. The van der Waals surface area contributed by atoms with E-state index in [1.807, 2.05) is 0 Å². The van der Waals surface area contributed by atoms with E-state index in [0.29, 0.717) is 11.3 Å². The SMILES string of the molecule is CCC(/C=C/C(C)C1CCC2C3C=CC4=CC(O)CCC4(C)C3CCC12C)C(C)C. The summed E-state index contributed by atoms with van der Waals surface area (Å²) >= 11 is 0. The molecule has 0 bridgehead atoms. The highest BCUT2D eigenvalue weighted by Crippen LogP contribution is 2.66. The summed E-state index contributed by atoms with van der Waals surface area (Å²) in [6.07, 6.45) is 20.9. The molecule has 1 nitrogen and oxygen atoms in total. The average Bonchev–Trinajstić information content (AvgIpc) is 3.06. The van der Waals surface area contributed by atoms with Crippen molar-refractivity contribution in [2.45, 2.75) is 92.6 Å². The predicted octanol–water partition coefficient (Wildman–Crippen LogP) is 7.58. The third-order valence-electron chi connectivity index (χ3n) is 10.3. The van der Waals surface area contributed by atoms with Gasteiger partial charge in [0.05, 0.1) is 6.10 Å². The molecule has 4 aliphatic rings. The first kappa shape index (κ1) is 22.4. The van der Waals surface area contributed by atoms with Crippen molar-refractivity contribution in [3.63, 3.8) is 0 Å². The highest BCUT2D eigenvalue weighted by molar-refractivity contribution is 5.36. The molecule has 0 amide bonds. The number of rotatable bonds is 5. The van der Waals surface area contributed by atoms with Gasteiger partial charge < -0.3 is 5.11 Å². The van der Waals surface area contributed by atoms with E-state index in [2.05, 4.69) is 71.9 Å². The lowest BCUT2D eigenvalue weighted by Gasteiger charge is -2.56. The largest absolute Gasteiger partial charge is 0.389 e. The summed E-state index contributed by atoms with van der Waals surface area (Å²) in [6.45, 7) is 14.7. The normalized spacial score (nSPS) is 45.1. The zero-order valence-corrected chi connectivity index (χ0v) is 20.4. The van der Waals surface area contributed by atoms with Crippen LogP contribution in [0.2, 0.25) is 0 Å². The van der Waals surface area contributed by atoms with E-state index in [1.54, 1.807) is 0 Å². The van der Waals surface area contributed by atoms with Crippen molar-refractivity contribution in [1.82, 2.24) is 0 Å². The van der Waals surface area contributed by atoms with Gasteiger partial charge >= 0.3 is 0 Å². The Balaban J connectivity index is 1.55. The maximum absolute atomic E-state index is 10.2. The van der Waals surface area contributed by atoms with E-state index in [9.17, 15) is 5.11 Å². The number of aliphatic hydroxyl groups excluding tert-OH is 1. The van der Waals surface area contributed by atoms with E-state index >= 15 is 0 Å². The second-order valence-electron chi connectivity index (χ2n) is 12.1. The van der Waals surface area contributed by atoms with Crippen molar-refractivity contribution >= 4 is 0 Å². The van der Waals surface area contributed by atoms with Crippen molar-refractivity contribution in [3.05, 3.63) is 36.0 Å². The Labute approximate surface area is 186 Å². The molecule has 4 rings (SSSR count). The second-order valence-corrected chi connectivity index (χ2v) is 12.1. The molecule has 9 atom stereocenters. The van der Waals surface area contributed by atoms with Crippen molar-refractivity contribution in [1.29, 1.82) is 0 Å². The van der Waals surface area contributed by atoms with Crippen LogP contribution < -0.4 is 0 Å². The smallest absolute Gasteiger partial charge is 0.0727 e. The van der Waals surface area contributed by atoms with Gasteiger partial charge in [0.2, 0.25) is 0 Å². The van der Waals surface area contributed by atoms with Gasteiger partial charge in [-0.05, 0) is 103 Å². The Kier molecular flexibility index (Phi) is 6.17. The molecule has 0 aromatic heterocycles. The Hall–Kier alpha value is -0.820. The molecule has 0 aromatic carbocycles. The van der Waals surface area contributed by atoms with Gasteiger partial charge in [-0.2, -0.15) is 0 Å². The van der Waals surface area contributed by atoms with Gasteiger partial charge in [-0.25, -0.2) is 0 Å². The molecule has 1 heteroatoms. The first-order valence-electron chi connectivity index (χ1n) is 13.0. The van der Waals surface area contributed by atoms with Gasteiger partial charge in [0.1, 0.15) is 0 Å². The minimum atomic E-state index is -0.232. The lowest BCUT2D eigenvalue weighted by molar-refractivity contribution is -0.0254. The van der Waals surface area contributed by atoms with Crippen LogP contribution >= 0.6 is 0 Å². The van der Waals surface area contributed by atoms with E-state index in [4.69, 9.17) is 0 Å². The number of hydrogen-bond donors (Lipinski definition) is 1. The Bertz CT molecular complexity index is 714. The zero-order valence-electron chi connectivity index (χ0n) is 20.4. The molecule has 0 aliphatic heterocycles. The molecule has 168 valence electrons. The predicted molar refractivity (Wildman–Crippen MR) is 128 cm³/mol. The van der Waals surface area contributed by atoms with Gasteiger partial charge in [-0.1, -0.05) is 71.9 Å². The fraction of sp³-hybridized carbons (Fsp3) is 0.793. The van der Waals surface area contributed by atoms with Crippen LogP contribution in [0.5, 0.6) is 0 Å². The third-order valence-corrected chi connectivity index (χ3v) is 10.3. The zero-order chi connectivity index (χ0) is 21.7. The molecule has 1 N–H and O–H groups in total. The van der Waals surface area contributed by atoms with Crippen molar-refractivity contribution < 1.29 is 5.11 Å². The van der Waals surface area contributed by atoms with Crippen LogP contribution in [-0.4, -0.2) is 11.2 Å². The minimum absolute atomic E-state index is 0.232. The average molecular weight is 411 g/mol. The summed E-state index contributed by atoms with van der Waals surface area (Å²) in [5, 5.41) is 10.2. The van der Waals surface area contributed by atoms with Gasteiger partial charge in [-0.15, -0.1) is 0 Å². The van der Waals surface area contributed by atoms with Crippen LogP contribution in [0.4, 0.5) is 0 Å². The number of aliphatic hydroxyl groups is 1. The fourth-order valence-corrected chi connectivity index (χ4v) is 8.33. The molecule has 2 fully saturated rings. The Morgan fingerprint density at radius 3 is 2.50 bits per heavy atom. The highest BCUT2D eigenvalue weighted by Gasteiger charge is 2.58. The summed E-state index contributed by atoms with van der Waals surface area (Å²) in [5.74, 6) is 5.33. The maximum Gasteiger partial charge on any atom is 0.0727 e. The third kappa shape index (κ3) is 3.58. The molecule has 0 radical (unpaired) electrons. The van der Waals surface area contributed by atoms with Gasteiger partial charge in [0.15, 0.2) is 0 Å². The summed E-state index contributed by atoms with van der Waals surface area (Å²) < 4.78 is 0. The Morgan fingerprint density at radius 1 is 1.03 bits per heavy atom. The van der Waals surface area contributed by atoms with E-state index in [0.717, 1.165) is 48.3 Å². The molecule has 30 heavy (non-hydrogen) atoms. The first-order valence-corrected chi connectivity index (χ1v) is 13.0. The van der Waals surface area contributed by atoms with Crippen LogP contribution in [0.3, 0.4) is 0 Å². The molecular formula is C29H46O. The van der Waals surface area contributed by atoms with Gasteiger partial charge in [0, 0.05) is 0 Å². The van der Waals surface area contributed by atoms with Gasteiger partial charge in [-0.3, -0.25) is 0 Å². The topological polar surface area (TPSA) is 20.2 Å². The first-order chi connectivity index (χ1) is 14.2. The van der Waals surface area contributed by atoms with E-state index < -0.39 is 0 Å². The number of fused-ring (bicyclic) bond motifs is 5. The van der Waals surface area contributed by atoms with Crippen LogP contribution in [0.15, 0.2) is 36.0 Å². The van der Waals surface area contributed by atoms with Crippen LogP contribution in [0, 0.1) is 52.3 Å². The summed E-state index contributed by atoms with van der Waals surface area (Å²) in [7, 11) is 0. The standard InChI is InChI=1S/C29H46O/c1-7-21(19(2)3)9-8-20(4)25-12-13-26-24-11-10-22-18-23(30)14-16-28(22,5)27(24)15-17-29(25,26)6/h8-11,18-21,23-27,30H,7,12-17H2,1-6H3/b9-8+. The van der Waals surface area contributed by atoms with E-state index in [1.165, 1.54) is 37.7 Å². The molecule has 4 aliphatic carbocycles. The minimum Gasteiger partial charge on any atom is -0.389 e. The van der Waals surface area contributed by atoms with Crippen molar-refractivity contribution in [2.75, 3.05) is 0 Å². The summed E-state index contributed by atoms with van der Waals surface area (Å²) in [5.41, 5.74) is 2.20. The van der Waals surface area contributed by atoms with Crippen molar-refractivity contribution in [3.8, 4) is 0 Å². The maximum atomic E-state index is 10.2. The van der Waals surface area contributed by atoms with Crippen LogP contribution in [0.1, 0.15) is 86.5 Å². The fourth-order valence-electron chi connectivity index (χ4n) is 8.33. The molecular weight excluding hydrogens is 364 g/mol. The molecule has 0 aromatic rings. The summed E-state index contributed by atoms with van der Waals surface area (Å²) in [4.78, 5) is 0. The summed E-state index contributed by atoms with van der Waals surface area (Å²) in [6, 6.07) is 0. The quantitative estimate of drug-likeness (QED) is 0.463. The van der Waals surface area contributed by atoms with Gasteiger partial charge in [0.25, 0.3) is 0 Å². The van der Waals surface area contributed by atoms with E-state index in [-0.39, 0.29) is 11.5 Å². The monoisotopic (exact) mass is 410 g/mol. The van der Waals surface area contributed by atoms with Crippen LogP contribution in [0.25, 0.3) is 0 Å². The molecule has 0 saturated heterocycles. The number of allylic oxidation sites excluding steroid dienone is 5. The Morgan fingerprint density at radius 2 is 1.80 bits per heavy atom. The molecule has 0 heterocycles. The second kappa shape index (κ2) is 8.27. The molecule has 2 saturated carbocycles. The molecule has 9 unspecified atom stereocenters. The van der Waals surface area contributed by atoms with Crippen molar-refractivity contribution in [2.24, 2.45) is 52.3 Å². The number of hydrogen-bond acceptors (Lipinski definition) is 1.